The second kappa shape index (κ2) is 8.16. The van der Waals surface area contributed by atoms with Gasteiger partial charge in [-0.2, -0.15) is 4.98 Å². The fraction of sp³-hybridized carbons (Fsp3) is 0.300. The van der Waals surface area contributed by atoms with Crippen molar-refractivity contribution >= 4 is 17.4 Å². The number of amides is 1. The van der Waals surface area contributed by atoms with Gasteiger partial charge in [-0.15, -0.1) is 0 Å². The largest absolute Gasteiger partial charge is 0.357 e. The van der Waals surface area contributed by atoms with Crippen LogP contribution in [0.4, 0.5) is 15.9 Å². The summed E-state index contributed by atoms with van der Waals surface area (Å²) < 4.78 is 18.2. The van der Waals surface area contributed by atoms with E-state index >= 15 is 0 Å². The van der Waals surface area contributed by atoms with E-state index in [-0.39, 0.29) is 18.1 Å². The van der Waals surface area contributed by atoms with Crippen LogP contribution < -0.4 is 10.2 Å². The van der Waals surface area contributed by atoms with E-state index in [2.05, 4.69) is 25.3 Å². The van der Waals surface area contributed by atoms with Crippen molar-refractivity contribution in [3.8, 4) is 11.4 Å². The number of anilines is 2. The summed E-state index contributed by atoms with van der Waals surface area (Å²) >= 11 is 0. The molecule has 0 atom stereocenters. The third-order valence-electron chi connectivity index (χ3n) is 4.60. The molecule has 0 radical (unpaired) electrons. The number of nitrogens with one attached hydrogen (secondary N) is 1. The van der Waals surface area contributed by atoms with Gasteiger partial charge in [-0.25, -0.2) is 9.37 Å². The molecule has 0 spiro atoms. The van der Waals surface area contributed by atoms with Crippen molar-refractivity contribution in [2.75, 3.05) is 23.3 Å². The first-order valence-electron chi connectivity index (χ1n) is 9.27. The summed E-state index contributed by atoms with van der Waals surface area (Å²) in [5.74, 6) is 1.19. The van der Waals surface area contributed by atoms with E-state index in [0.29, 0.717) is 29.4 Å². The first-order valence-corrected chi connectivity index (χ1v) is 9.27. The van der Waals surface area contributed by atoms with Crippen molar-refractivity contribution < 1.29 is 13.7 Å². The Kier molecular flexibility index (Phi) is 5.27. The molecule has 1 aliphatic heterocycles. The van der Waals surface area contributed by atoms with Crippen molar-refractivity contribution in [2.45, 2.75) is 25.7 Å². The molecule has 2 aromatic heterocycles. The summed E-state index contributed by atoms with van der Waals surface area (Å²) in [5, 5.41) is 6.69. The van der Waals surface area contributed by atoms with E-state index in [1.165, 1.54) is 25.0 Å². The predicted molar refractivity (Wildman–Crippen MR) is 102 cm³/mol. The van der Waals surface area contributed by atoms with Gasteiger partial charge in [-0.1, -0.05) is 5.16 Å². The lowest BCUT2D eigenvalue weighted by Crippen LogP contribution is -2.19. The number of benzene rings is 1. The molecule has 1 amide bonds. The van der Waals surface area contributed by atoms with E-state index in [9.17, 15) is 9.18 Å². The lowest BCUT2D eigenvalue weighted by Gasteiger charge is -2.16. The Morgan fingerprint density at radius 2 is 1.93 bits per heavy atom. The molecular formula is C20H20FN5O2. The van der Waals surface area contributed by atoms with Crippen molar-refractivity contribution in [3.05, 3.63) is 54.3 Å². The number of aryl methyl sites for hydroxylation is 1. The van der Waals surface area contributed by atoms with Gasteiger partial charge in [0.25, 0.3) is 0 Å². The van der Waals surface area contributed by atoms with Gasteiger partial charge in [-0.3, -0.25) is 4.79 Å². The highest BCUT2D eigenvalue weighted by Gasteiger charge is 2.14. The predicted octanol–water partition coefficient (Wildman–Crippen LogP) is 3.44. The molecule has 0 aliphatic carbocycles. The van der Waals surface area contributed by atoms with Crippen LogP contribution in [0.2, 0.25) is 0 Å². The van der Waals surface area contributed by atoms with Crippen LogP contribution in [0.3, 0.4) is 0 Å². The summed E-state index contributed by atoms with van der Waals surface area (Å²) in [6.45, 7) is 2.06. The van der Waals surface area contributed by atoms with Crippen molar-refractivity contribution in [3.63, 3.8) is 0 Å². The number of aromatic nitrogens is 3. The van der Waals surface area contributed by atoms with Crippen LogP contribution in [-0.2, 0) is 11.2 Å². The van der Waals surface area contributed by atoms with Gasteiger partial charge in [0.05, 0.1) is 11.9 Å². The number of hydrogen-bond donors (Lipinski definition) is 1. The Balaban J connectivity index is 1.29. The van der Waals surface area contributed by atoms with Gasteiger partial charge < -0.3 is 14.7 Å². The highest BCUT2D eigenvalue weighted by molar-refractivity contribution is 5.90. The lowest BCUT2D eigenvalue weighted by atomic mass is 10.2. The van der Waals surface area contributed by atoms with Crippen molar-refractivity contribution in [1.82, 2.24) is 15.1 Å². The first kappa shape index (κ1) is 18.1. The Bertz CT molecular complexity index is 934. The zero-order chi connectivity index (χ0) is 19.3. The molecule has 7 nitrogen and oxygen atoms in total. The smallest absolute Gasteiger partial charge is 0.227 e. The summed E-state index contributed by atoms with van der Waals surface area (Å²) in [6.07, 6.45) is 4.58. The molecule has 4 rings (SSSR count). The standard InChI is InChI=1S/C20H20FN5O2/c21-15-5-3-14(4-6-15)20-24-19(28-25-20)10-9-18(27)23-16-7-8-17(22-13-16)26-11-1-2-12-26/h3-8,13H,1-2,9-12H2,(H,23,27). The lowest BCUT2D eigenvalue weighted by molar-refractivity contribution is -0.116. The molecule has 1 aromatic carbocycles. The average molecular weight is 381 g/mol. The highest BCUT2D eigenvalue weighted by atomic mass is 19.1. The second-order valence-corrected chi connectivity index (χ2v) is 6.67. The minimum atomic E-state index is -0.327. The summed E-state index contributed by atoms with van der Waals surface area (Å²) in [7, 11) is 0. The fourth-order valence-electron chi connectivity index (χ4n) is 3.11. The molecule has 0 bridgehead atoms. The Hall–Kier alpha value is -3.29. The number of carbonyl (C=O) groups excluding carboxylic acids is 1. The number of carbonyl (C=O) groups is 1. The van der Waals surface area contributed by atoms with Crippen LogP contribution in [0.1, 0.15) is 25.2 Å². The molecular weight excluding hydrogens is 361 g/mol. The molecule has 0 saturated carbocycles. The molecule has 144 valence electrons. The van der Waals surface area contributed by atoms with Gasteiger partial charge in [-0.05, 0) is 49.2 Å². The topological polar surface area (TPSA) is 84.1 Å². The third-order valence-corrected chi connectivity index (χ3v) is 4.60. The van der Waals surface area contributed by atoms with Gasteiger partial charge in [0.2, 0.25) is 17.6 Å². The summed E-state index contributed by atoms with van der Waals surface area (Å²) in [6, 6.07) is 9.61. The molecule has 1 fully saturated rings. The fourth-order valence-corrected chi connectivity index (χ4v) is 3.11. The normalized spacial score (nSPS) is 13.7. The molecule has 0 unspecified atom stereocenters. The van der Waals surface area contributed by atoms with Crippen LogP contribution in [0, 0.1) is 5.82 Å². The molecule has 3 heterocycles. The molecule has 3 aromatic rings. The van der Waals surface area contributed by atoms with E-state index in [1.807, 2.05) is 12.1 Å². The van der Waals surface area contributed by atoms with Gasteiger partial charge in [0, 0.05) is 31.5 Å². The van der Waals surface area contributed by atoms with E-state index in [1.54, 1.807) is 18.3 Å². The summed E-state index contributed by atoms with van der Waals surface area (Å²) in [4.78, 5) is 23.1. The van der Waals surface area contributed by atoms with Crippen molar-refractivity contribution in [1.29, 1.82) is 0 Å². The first-order chi connectivity index (χ1) is 13.7. The molecule has 1 saturated heterocycles. The number of halogens is 1. The van der Waals surface area contributed by atoms with E-state index in [0.717, 1.165) is 18.9 Å². The average Bonchev–Trinajstić information content (AvgIpc) is 3.40. The minimum absolute atomic E-state index is 0.155. The van der Waals surface area contributed by atoms with E-state index in [4.69, 9.17) is 4.52 Å². The number of nitrogens with zero attached hydrogens (tertiary/aromatic N) is 4. The van der Waals surface area contributed by atoms with Gasteiger partial charge in [0.1, 0.15) is 11.6 Å². The Morgan fingerprint density at radius 3 is 2.64 bits per heavy atom. The zero-order valence-electron chi connectivity index (χ0n) is 15.3. The van der Waals surface area contributed by atoms with Crippen molar-refractivity contribution in [2.24, 2.45) is 0 Å². The Morgan fingerprint density at radius 1 is 1.14 bits per heavy atom. The second-order valence-electron chi connectivity index (χ2n) is 6.67. The van der Waals surface area contributed by atoms with Crippen LogP contribution in [0.5, 0.6) is 0 Å². The molecule has 1 aliphatic rings. The molecule has 1 N–H and O–H groups in total. The van der Waals surface area contributed by atoms with Gasteiger partial charge >= 0.3 is 0 Å². The number of rotatable bonds is 6. The summed E-state index contributed by atoms with van der Waals surface area (Å²) in [5.41, 5.74) is 1.32. The zero-order valence-corrected chi connectivity index (χ0v) is 15.3. The third kappa shape index (κ3) is 4.33. The number of hydrogen-bond acceptors (Lipinski definition) is 6. The van der Waals surface area contributed by atoms with Crippen LogP contribution >= 0.6 is 0 Å². The minimum Gasteiger partial charge on any atom is -0.357 e. The maximum atomic E-state index is 13.0. The van der Waals surface area contributed by atoms with Crippen LogP contribution in [0.15, 0.2) is 47.1 Å². The highest BCUT2D eigenvalue weighted by Crippen LogP contribution is 2.20. The van der Waals surface area contributed by atoms with E-state index < -0.39 is 0 Å². The number of pyridine rings is 1. The monoisotopic (exact) mass is 381 g/mol. The van der Waals surface area contributed by atoms with Crippen LogP contribution in [-0.4, -0.2) is 34.1 Å². The van der Waals surface area contributed by atoms with Crippen LogP contribution in [0.25, 0.3) is 11.4 Å². The molecule has 28 heavy (non-hydrogen) atoms. The van der Waals surface area contributed by atoms with Gasteiger partial charge in [0.15, 0.2) is 0 Å². The SMILES string of the molecule is O=C(CCc1nc(-c2ccc(F)cc2)no1)Nc1ccc(N2CCCC2)nc1. The Labute approximate surface area is 161 Å². The maximum Gasteiger partial charge on any atom is 0.227 e. The molecule has 8 heteroatoms. The maximum absolute atomic E-state index is 13.0. The quantitative estimate of drug-likeness (QED) is 0.704.